The quantitative estimate of drug-likeness (QED) is 0.779. The largest absolute Gasteiger partial charge is 0.442 e. The summed E-state index contributed by atoms with van der Waals surface area (Å²) in [5.74, 6) is -1.21. The van der Waals surface area contributed by atoms with E-state index in [1.54, 1.807) is 0 Å². The van der Waals surface area contributed by atoms with Crippen molar-refractivity contribution >= 4 is 17.7 Å². The number of nitrogens with one attached hydrogen (secondary N) is 1. The van der Waals surface area contributed by atoms with Gasteiger partial charge in [0.05, 0.1) is 5.75 Å². The fraction of sp³-hybridized carbons (Fsp3) is 0.875. The number of halogens is 3. The van der Waals surface area contributed by atoms with Crippen LogP contribution in [0.1, 0.15) is 19.3 Å². The van der Waals surface area contributed by atoms with Crippen LogP contribution in [0.2, 0.25) is 0 Å². The zero-order chi connectivity index (χ0) is 11.5. The Morgan fingerprint density at radius 3 is 2.47 bits per heavy atom. The van der Waals surface area contributed by atoms with E-state index in [-0.39, 0.29) is 18.3 Å². The summed E-state index contributed by atoms with van der Waals surface area (Å²) in [5.41, 5.74) is 1.05. The molecule has 0 radical (unpaired) electrons. The van der Waals surface area contributed by atoms with Crippen LogP contribution in [0, 0.1) is 0 Å². The molecule has 0 aliphatic heterocycles. The molecule has 88 valence electrons. The van der Waals surface area contributed by atoms with Crippen molar-refractivity contribution in [3.63, 3.8) is 0 Å². The third-order valence-corrected chi connectivity index (χ3v) is 3.09. The molecule has 0 aromatic heterocycles. The predicted octanol–water partition coefficient (Wildman–Crippen LogP) is 1.24. The fourth-order valence-electron chi connectivity index (χ4n) is 1.28. The second kappa shape index (κ2) is 4.61. The van der Waals surface area contributed by atoms with E-state index >= 15 is 0 Å². The molecule has 0 saturated heterocycles. The van der Waals surface area contributed by atoms with Crippen LogP contribution >= 0.6 is 11.8 Å². The van der Waals surface area contributed by atoms with Gasteiger partial charge in [-0.25, -0.2) is 0 Å². The number of amides is 1. The Bertz CT molecular complexity index is 241. The highest BCUT2D eigenvalue weighted by atomic mass is 32.2. The number of hydrogen-bond acceptors (Lipinski definition) is 3. The number of nitrogens with two attached hydrogens (primary N) is 1. The van der Waals surface area contributed by atoms with E-state index in [9.17, 15) is 18.0 Å². The average Bonchev–Trinajstić information content (AvgIpc) is 2.07. The van der Waals surface area contributed by atoms with E-state index in [1.807, 2.05) is 0 Å². The van der Waals surface area contributed by atoms with Gasteiger partial charge in [0.15, 0.2) is 0 Å². The molecule has 3 N–H and O–H groups in total. The molecule has 1 aliphatic carbocycles. The molecule has 1 fully saturated rings. The highest BCUT2D eigenvalue weighted by Crippen LogP contribution is 2.30. The molecule has 0 spiro atoms. The van der Waals surface area contributed by atoms with Gasteiger partial charge in [0.25, 0.3) is 0 Å². The summed E-state index contributed by atoms with van der Waals surface area (Å²) in [7, 11) is 0. The Kier molecular flexibility index (Phi) is 3.88. The smallest absolute Gasteiger partial charge is 0.354 e. The standard InChI is InChI=1S/C8H13F3N2OS/c9-8(10,11)15-4-6(14)13-5-7(12)2-1-3-7/h1-5,12H2,(H,13,14). The van der Waals surface area contributed by atoms with Crippen molar-refractivity contribution in [3.8, 4) is 0 Å². The molecule has 0 aromatic carbocycles. The van der Waals surface area contributed by atoms with Crippen LogP contribution in [0.15, 0.2) is 0 Å². The molecule has 1 saturated carbocycles. The van der Waals surface area contributed by atoms with Crippen molar-refractivity contribution in [2.75, 3.05) is 12.3 Å². The van der Waals surface area contributed by atoms with Gasteiger partial charge >= 0.3 is 5.51 Å². The van der Waals surface area contributed by atoms with Gasteiger partial charge in [0.1, 0.15) is 0 Å². The van der Waals surface area contributed by atoms with Crippen LogP contribution in [-0.4, -0.2) is 29.3 Å². The summed E-state index contributed by atoms with van der Waals surface area (Å²) in [4.78, 5) is 11.0. The van der Waals surface area contributed by atoms with Crippen molar-refractivity contribution in [3.05, 3.63) is 0 Å². The number of alkyl halides is 3. The second-order valence-electron chi connectivity index (χ2n) is 3.73. The van der Waals surface area contributed by atoms with Gasteiger partial charge in [-0.2, -0.15) is 13.2 Å². The minimum atomic E-state index is -4.35. The van der Waals surface area contributed by atoms with Crippen LogP contribution in [-0.2, 0) is 4.79 Å². The number of hydrogen-bond donors (Lipinski definition) is 2. The zero-order valence-electron chi connectivity index (χ0n) is 8.06. The minimum absolute atomic E-state index is 0.268. The van der Waals surface area contributed by atoms with Crippen molar-refractivity contribution in [1.82, 2.24) is 5.32 Å². The first-order chi connectivity index (χ1) is 6.81. The first-order valence-electron chi connectivity index (χ1n) is 4.57. The minimum Gasteiger partial charge on any atom is -0.354 e. The first-order valence-corrected chi connectivity index (χ1v) is 5.56. The van der Waals surface area contributed by atoms with Crippen molar-refractivity contribution in [2.45, 2.75) is 30.3 Å². The van der Waals surface area contributed by atoms with Gasteiger partial charge in [0.2, 0.25) is 5.91 Å². The fourth-order valence-corrected chi connectivity index (χ4v) is 1.68. The summed E-state index contributed by atoms with van der Waals surface area (Å²) >= 11 is -0.335. The van der Waals surface area contributed by atoms with Gasteiger partial charge in [-0.1, -0.05) is 0 Å². The molecule has 0 atom stereocenters. The average molecular weight is 242 g/mol. The highest BCUT2D eigenvalue weighted by molar-refractivity contribution is 8.00. The molecular weight excluding hydrogens is 229 g/mol. The monoisotopic (exact) mass is 242 g/mol. The lowest BCUT2D eigenvalue weighted by Crippen LogP contribution is -2.55. The van der Waals surface area contributed by atoms with Gasteiger partial charge in [-0.05, 0) is 31.0 Å². The Hall–Kier alpha value is -0.430. The lowest BCUT2D eigenvalue weighted by molar-refractivity contribution is -0.119. The van der Waals surface area contributed by atoms with Crippen LogP contribution in [0.4, 0.5) is 13.2 Å². The number of thioether (sulfide) groups is 1. The molecule has 1 rings (SSSR count). The Balaban J connectivity index is 2.14. The molecule has 0 aromatic rings. The molecule has 1 amide bonds. The van der Waals surface area contributed by atoms with Crippen molar-refractivity contribution in [1.29, 1.82) is 0 Å². The summed E-state index contributed by atoms with van der Waals surface area (Å²) in [5, 5.41) is 2.41. The maximum Gasteiger partial charge on any atom is 0.442 e. The number of carbonyl (C=O) groups excluding carboxylic acids is 1. The van der Waals surface area contributed by atoms with E-state index in [1.165, 1.54) is 0 Å². The van der Waals surface area contributed by atoms with Crippen LogP contribution in [0.5, 0.6) is 0 Å². The van der Waals surface area contributed by atoms with E-state index in [2.05, 4.69) is 5.32 Å². The predicted molar refractivity (Wildman–Crippen MR) is 52.3 cm³/mol. The molecule has 0 unspecified atom stereocenters. The highest BCUT2D eigenvalue weighted by Gasteiger charge is 2.33. The lowest BCUT2D eigenvalue weighted by atomic mass is 9.78. The third kappa shape index (κ3) is 4.74. The zero-order valence-corrected chi connectivity index (χ0v) is 8.88. The summed E-state index contributed by atoms with van der Waals surface area (Å²) < 4.78 is 35.2. The normalized spacial score (nSPS) is 19.5. The van der Waals surface area contributed by atoms with Crippen LogP contribution in [0.3, 0.4) is 0 Å². The lowest BCUT2D eigenvalue weighted by Gasteiger charge is -2.38. The Morgan fingerprint density at radius 2 is 2.07 bits per heavy atom. The maximum atomic E-state index is 11.7. The summed E-state index contributed by atoms with van der Waals surface area (Å²) in [6.07, 6.45) is 2.66. The summed E-state index contributed by atoms with van der Waals surface area (Å²) in [6, 6.07) is 0. The molecule has 15 heavy (non-hydrogen) atoms. The van der Waals surface area contributed by atoms with E-state index < -0.39 is 22.7 Å². The maximum absolute atomic E-state index is 11.7. The Labute approximate surface area is 90.0 Å². The summed E-state index contributed by atoms with van der Waals surface area (Å²) in [6.45, 7) is 0.268. The SMILES string of the molecule is NC1(CNC(=O)CSC(F)(F)F)CCC1. The van der Waals surface area contributed by atoms with Gasteiger partial charge in [-0.15, -0.1) is 0 Å². The topological polar surface area (TPSA) is 55.1 Å². The Morgan fingerprint density at radius 1 is 1.47 bits per heavy atom. The van der Waals surface area contributed by atoms with E-state index in [4.69, 9.17) is 5.73 Å². The van der Waals surface area contributed by atoms with Crippen molar-refractivity contribution in [2.24, 2.45) is 5.73 Å². The van der Waals surface area contributed by atoms with Crippen molar-refractivity contribution < 1.29 is 18.0 Å². The molecule has 3 nitrogen and oxygen atoms in total. The third-order valence-electron chi connectivity index (χ3n) is 2.35. The first kappa shape index (κ1) is 12.6. The molecule has 0 heterocycles. The second-order valence-corrected chi connectivity index (χ2v) is 4.77. The van der Waals surface area contributed by atoms with E-state index in [0.29, 0.717) is 0 Å². The van der Waals surface area contributed by atoms with Gasteiger partial charge < -0.3 is 11.1 Å². The van der Waals surface area contributed by atoms with Gasteiger partial charge in [0, 0.05) is 12.1 Å². The molecule has 7 heteroatoms. The molecular formula is C8H13F3N2OS. The molecule has 1 aliphatic rings. The number of carbonyl (C=O) groups is 1. The van der Waals surface area contributed by atoms with E-state index in [0.717, 1.165) is 19.3 Å². The number of rotatable bonds is 4. The van der Waals surface area contributed by atoms with Crippen LogP contribution < -0.4 is 11.1 Å². The van der Waals surface area contributed by atoms with Crippen LogP contribution in [0.25, 0.3) is 0 Å². The van der Waals surface area contributed by atoms with Gasteiger partial charge in [-0.3, -0.25) is 4.79 Å². The molecule has 0 bridgehead atoms.